The zero-order valence-corrected chi connectivity index (χ0v) is 18.3. The van der Waals surface area contributed by atoms with Crippen LogP contribution < -0.4 is 14.2 Å². The molecule has 152 valence electrons. The number of amides is 1. The van der Waals surface area contributed by atoms with Gasteiger partial charge in [-0.25, -0.2) is 13.1 Å². The number of sulfonamides is 1. The molecule has 0 unspecified atom stereocenters. The second-order valence-corrected chi connectivity index (χ2v) is 8.72. The van der Waals surface area contributed by atoms with Gasteiger partial charge in [0.25, 0.3) is 0 Å². The number of rotatable bonds is 9. The average molecular weight is 471 g/mol. The number of ether oxygens (including phenoxy) is 2. The molecule has 7 nitrogen and oxygen atoms in total. The van der Waals surface area contributed by atoms with Crippen molar-refractivity contribution in [3.05, 3.63) is 52.5 Å². The Morgan fingerprint density at radius 3 is 2.32 bits per heavy atom. The van der Waals surface area contributed by atoms with Gasteiger partial charge in [0.1, 0.15) is 0 Å². The highest BCUT2D eigenvalue weighted by Gasteiger charge is 2.18. The molecule has 0 spiro atoms. The number of nitrogens with zero attached hydrogens (tertiary/aromatic N) is 1. The minimum Gasteiger partial charge on any atom is -0.493 e. The van der Waals surface area contributed by atoms with Crippen molar-refractivity contribution in [1.29, 1.82) is 0 Å². The van der Waals surface area contributed by atoms with Crippen LogP contribution in [-0.2, 0) is 21.4 Å². The molecule has 2 aromatic rings. The summed E-state index contributed by atoms with van der Waals surface area (Å²) in [7, 11) is 0.828. The quantitative estimate of drug-likeness (QED) is 0.608. The van der Waals surface area contributed by atoms with Gasteiger partial charge in [0.15, 0.2) is 11.5 Å². The molecule has 0 atom stereocenters. The minimum absolute atomic E-state index is 0.000188. The Bertz CT molecular complexity index is 916. The summed E-state index contributed by atoms with van der Waals surface area (Å²) in [4.78, 5) is 13.9. The minimum atomic E-state index is -3.76. The number of hydrogen-bond acceptors (Lipinski definition) is 5. The van der Waals surface area contributed by atoms with Crippen LogP contribution >= 0.6 is 15.9 Å². The zero-order chi connectivity index (χ0) is 20.7. The number of halogens is 1. The summed E-state index contributed by atoms with van der Waals surface area (Å²) in [5.74, 6) is 0.597. The molecule has 2 aromatic carbocycles. The summed E-state index contributed by atoms with van der Waals surface area (Å²) in [5, 5.41) is 0. The Labute approximate surface area is 173 Å². The zero-order valence-electron chi connectivity index (χ0n) is 15.9. The van der Waals surface area contributed by atoms with Gasteiger partial charge in [-0.1, -0.05) is 28.1 Å². The Morgan fingerprint density at radius 2 is 1.71 bits per heavy atom. The van der Waals surface area contributed by atoms with Gasteiger partial charge in [-0.2, -0.15) is 0 Å². The van der Waals surface area contributed by atoms with Crippen LogP contribution in [0.5, 0.6) is 11.5 Å². The van der Waals surface area contributed by atoms with Crippen LogP contribution in [0.15, 0.2) is 51.8 Å². The lowest BCUT2D eigenvalue weighted by Gasteiger charge is -2.17. The normalized spacial score (nSPS) is 11.1. The molecule has 0 heterocycles. The van der Waals surface area contributed by atoms with E-state index < -0.39 is 10.0 Å². The van der Waals surface area contributed by atoms with E-state index in [1.807, 2.05) is 24.3 Å². The van der Waals surface area contributed by atoms with Gasteiger partial charge in [-0.15, -0.1) is 0 Å². The van der Waals surface area contributed by atoms with Crippen LogP contribution in [0, 0.1) is 0 Å². The number of hydrogen-bond donors (Lipinski definition) is 1. The molecule has 0 fully saturated rings. The van der Waals surface area contributed by atoms with E-state index >= 15 is 0 Å². The van der Waals surface area contributed by atoms with Crippen LogP contribution in [0.25, 0.3) is 0 Å². The Balaban J connectivity index is 1.92. The second-order valence-electron chi connectivity index (χ2n) is 6.04. The summed E-state index contributed by atoms with van der Waals surface area (Å²) >= 11 is 3.37. The lowest BCUT2D eigenvalue weighted by atomic mass is 10.2. The van der Waals surface area contributed by atoms with Gasteiger partial charge in [0, 0.05) is 37.1 Å². The molecule has 9 heteroatoms. The predicted molar refractivity (Wildman–Crippen MR) is 110 cm³/mol. The summed E-state index contributed by atoms with van der Waals surface area (Å²) in [6.45, 7) is 0.453. The summed E-state index contributed by atoms with van der Waals surface area (Å²) in [6, 6.07) is 12.0. The molecule has 1 amide bonds. The number of carbonyl (C=O) groups is 1. The molecule has 0 saturated carbocycles. The van der Waals surface area contributed by atoms with E-state index in [0.29, 0.717) is 18.0 Å². The maximum Gasteiger partial charge on any atom is 0.240 e. The highest BCUT2D eigenvalue weighted by atomic mass is 79.9. The van der Waals surface area contributed by atoms with Crippen molar-refractivity contribution >= 4 is 31.9 Å². The molecular weight excluding hydrogens is 448 g/mol. The third-order valence-electron chi connectivity index (χ3n) is 4.06. The third-order valence-corrected chi connectivity index (χ3v) is 6.04. The fourth-order valence-corrected chi connectivity index (χ4v) is 3.81. The van der Waals surface area contributed by atoms with Crippen LogP contribution in [0.3, 0.4) is 0 Å². The predicted octanol–water partition coefficient (Wildman–Crippen LogP) is 2.79. The first kappa shape index (κ1) is 22.2. The Morgan fingerprint density at radius 1 is 1.07 bits per heavy atom. The molecule has 0 saturated heterocycles. The van der Waals surface area contributed by atoms with E-state index in [4.69, 9.17) is 9.47 Å². The highest BCUT2D eigenvalue weighted by molar-refractivity contribution is 9.10. The van der Waals surface area contributed by atoms with Crippen molar-refractivity contribution in [2.75, 3.05) is 27.8 Å². The van der Waals surface area contributed by atoms with Gasteiger partial charge in [-0.3, -0.25) is 4.79 Å². The molecule has 0 aliphatic carbocycles. The fourth-order valence-electron chi connectivity index (χ4n) is 2.50. The highest BCUT2D eigenvalue weighted by Crippen LogP contribution is 2.29. The fraction of sp³-hybridized carbons (Fsp3) is 0.316. The molecule has 0 aromatic heterocycles. The molecule has 2 rings (SSSR count). The van der Waals surface area contributed by atoms with Gasteiger partial charge < -0.3 is 14.4 Å². The van der Waals surface area contributed by atoms with E-state index in [9.17, 15) is 13.2 Å². The lowest BCUT2D eigenvalue weighted by molar-refractivity contribution is -0.130. The van der Waals surface area contributed by atoms with Crippen LogP contribution in [0.1, 0.15) is 12.0 Å². The lowest BCUT2D eigenvalue weighted by Crippen LogP contribution is -2.32. The van der Waals surface area contributed by atoms with Gasteiger partial charge in [0.05, 0.1) is 19.1 Å². The maximum absolute atomic E-state index is 12.4. The third kappa shape index (κ3) is 5.95. The molecule has 0 aliphatic heterocycles. The Hall–Kier alpha value is -2.10. The van der Waals surface area contributed by atoms with Crippen molar-refractivity contribution < 1.29 is 22.7 Å². The SMILES string of the molecule is COc1ccc(S(=O)(=O)NCCC(=O)N(C)Cc2ccc(Br)cc2)cc1OC. The number of nitrogens with one attached hydrogen (secondary N) is 1. The van der Waals surface area contributed by atoms with Crippen molar-refractivity contribution in [2.24, 2.45) is 0 Å². The van der Waals surface area contributed by atoms with Gasteiger partial charge in [0.2, 0.25) is 15.9 Å². The molecule has 0 bridgehead atoms. The summed E-state index contributed by atoms with van der Waals surface area (Å²) in [6.07, 6.45) is 0.0551. The molecule has 0 aliphatic rings. The first-order valence-corrected chi connectivity index (χ1v) is 10.7. The first-order valence-electron chi connectivity index (χ1n) is 8.47. The van der Waals surface area contributed by atoms with Crippen molar-refractivity contribution in [2.45, 2.75) is 17.9 Å². The van der Waals surface area contributed by atoms with E-state index in [0.717, 1.165) is 10.0 Å². The average Bonchev–Trinajstić information content (AvgIpc) is 2.68. The van der Waals surface area contributed by atoms with E-state index in [1.54, 1.807) is 11.9 Å². The van der Waals surface area contributed by atoms with Crippen LogP contribution in [0.4, 0.5) is 0 Å². The molecular formula is C19H23BrN2O5S. The van der Waals surface area contributed by atoms with E-state index in [1.165, 1.54) is 32.4 Å². The number of methoxy groups -OCH3 is 2. The van der Waals surface area contributed by atoms with Gasteiger partial charge >= 0.3 is 0 Å². The first-order chi connectivity index (χ1) is 13.3. The molecule has 0 radical (unpaired) electrons. The molecule has 28 heavy (non-hydrogen) atoms. The summed E-state index contributed by atoms with van der Waals surface area (Å²) in [5.41, 5.74) is 0.991. The van der Waals surface area contributed by atoms with Crippen molar-refractivity contribution in [3.63, 3.8) is 0 Å². The smallest absolute Gasteiger partial charge is 0.240 e. The standard InChI is InChI=1S/C19H23BrN2O5S/c1-22(13-14-4-6-15(20)7-5-14)19(23)10-11-21-28(24,25)16-8-9-17(26-2)18(12-16)27-3/h4-9,12,21H,10-11,13H2,1-3H3. The maximum atomic E-state index is 12.4. The topological polar surface area (TPSA) is 84.9 Å². The monoisotopic (exact) mass is 470 g/mol. The van der Waals surface area contributed by atoms with E-state index in [2.05, 4.69) is 20.7 Å². The van der Waals surface area contributed by atoms with Crippen molar-refractivity contribution in [1.82, 2.24) is 9.62 Å². The Kier molecular flexibility index (Phi) is 7.85. The van der Waals surface area contributed by atoms with E-state index in [-0.39, 0.29) is 23.8 Å². The van der Waals surface area contributed by atoms with Crippen LogP contribution in [-0.4, -0.2) is 47.0 Å². The number of carbonyl (C=O) groups excluding carboxylic acids is 1. The second kappa shape index (κ2) is 9.90. The van der Waals surface area contributed by atoms with Crippen LogP contribution in [0.2, 0.25) is 0 Å². The summed E-state index contributed by atoms with van der Waals surface area (Å²) < 4.78 is 38.5. The van der Waals surface area contributed by atoms with Gasteiger partial charge in [-0.05, 0) is 29.8 Å². The largest absolute Gasteiger partial charge is 0.493 e. The van der Waals surface area contributed by atoms with Crippen molar-refractivity contribution in [3.8, 4) is 11.5 Å². The number of benzene rings is 2. The molecule has 1 N–H and O–H groups in total.